The first-order chi connectivity index (χ1) is 14.0. The molecule has 2 amide bonds. The summed E-state index contributed by atoms with van der Waals surface area (Å²) in [6, 6.07) is 7.38. The quantitative estimate of drug-likeness (QED) is 0.661. The number of carbonyl (C=O) groups is 2. The van der Waals surface area contributed by atoms with Gasteiger partial charge in [0.1, 0.15) is 11.6 Å². The third kappa shape index (κ3) is 4.32. The van der Waals surface area contributed by atoms with Crippen LogP contribution < -0.4 is 21.3 Å². The molecule has 4 rings (SSSR count). The topological polar surface area (TPSA) is 119 Å². The molecule has 0 radical (unpaired) electrons. The fourth-order valence-corrected chi connectivity index (χ4v) is 5.84. The fraction of sp³-hybridized carbons (Fsp3) is 0.421. The predicted molar refractivity (Wildman–Crippen MR) is 115 cm³/mol. The highest BCUT2D eigenvalue weighted by Gasteiger charge is 2.32. The van der Waals surface area contributed by atoms with Gasteiger partial charge in [0.15, 0.2) is 6.61 Å². The first-order valence-corrected chi connectivity index (χ1v) is 11.6. The zero-order valence-electron chi connectivity index (χ0n) is 15.7. The lowest BCUT2D eigenvalue weighted by Gasteiger charge is -2.24. The number of aromatic nitrogens is 2. The third-order valence-electron chi connectivity index (χ3n) is 4.96. The summed E-state index contributed by atoms with van der Waals surface area (Å²) in [5.41, 5.74) is 6.34. The molecule has 1 aromatic carbocycles. The van der Waals surface area contributed by atoms with Crippen molar-refractivity contribution in [3.05, 3.63) is 45.7 Å². The number of ether oxygens (including phenoxy) is 1. The fourth-order valence-electron chi connectivity index (χ4n) is 3.65. The van der Waals surface area contributed by atoms with Gasteiger partial charge in [-0.2, -0.15) is 11.8 Å². The average molecular weight is 435 g/mol. The number of nitrogens with zero attached hydrogens (tertiary/aromatic N) is 1. The van der Waals surface area contributed by atoms with Crippen molar-refractivity contribution in [1.29, 1.82) is 0 Å². The van der Waals surface area contributed by atoms with E-state index >= 15 is 0 Å². The lowest BCUT2D eigenvalue weighted by molar-refractivity contribution is -0.120. The molecule has 0 spiro atoms. The number of rotatable bonds is 5. The van der Waals surface area contributed by atoms with Crippen molar-refractivity contribution in [3.8, 4) is 5.75 Å². The van der Waals surface area contributed by atoms with Crippen molar-refractivity contribution in [3.63, 3.8) is 0 Å². The average Bonchev–Trinajstić information content (AvgIpc) is 2.92. The zero-order chi connectivity index (χ0) is 20.4. The molecule has 1 atom stereocenters. The Kier molecular flexibility index (Phi) is 5.91. The van der Waals surface area contributed by atoms with E-state index in [1.54, 1.807) is 18.2 Å². The molecular weight excluding hydrogens is 412 g/mol. The number of nitrogens with two attached hydrogens (primary N) is 1. The van der Waals surface area contributed by atoms with Crippen molar-refractivity contribution in [2.75, 3.05) is 29.2 Å². The van der Waals surface area contributed by atoms with Crippen LogP contribution in [0.25, 0.3) is 0 Å². The van der Waals surface area contributed by atoms with Crippen LogP contribution in [0.5, 0.6) is 5.75 Å². The van der Waals surface area contributed by atoms with E-state index in [9.17, 15) is 14.4 Å². The number of aromatic amines is 1. The van der Waals surface area contributed by atoms with Crippen LogP contribution >= 0.6 is 23.5 Å². The van der Waals surface area contributed by atoms with Crippen LogP contribution in [0.2, 0.25) is 0 Å². The molecule has 10 heteroatoms. The molecule has 1 saturated heterocycles. The molecule has 29 heavy (non-hydrogen) atoms. The highest BCUT2D eigenvalue weighted by atomic mass is 32.2. The summed E-state index contributed by atoms with van der Waals surface area (Å²) in [7, 11) is 0. The maximum atomic E-state index is 12.9. The van der Waals surface area contributed by atoms with E-state index in [4.69, 9.17) is 10.5 Å². The molecule has 3 heterocycles. The second-order valence-corrected chi connectivity index (χ2v) is 9.30. The van der Waals surface area contributed by atoms with E-state index in [2.05, 4.69) is 10.4 Å². The molecule has 8 nitrogen and oxygen atoms in total. The number of amides is 2. The van der Waals surface area contributed by atoms with E-state index in [1.165, 1.54) is 11.8 Å². The Balaban J connectivity index is 1.72. The van der Waals surface area contributed by atoms with E-state index < -0.39 is 5.91 Å². The van der Waals surface area contributed by atoms with Crippen LogP contribution in [-0.4, -0.2) is 45.5 Å². The number of hydrogen-bond acceptors (Lipinski definition) is 6. The van der Waals surface area contributed by atoms with Crippen LogP contribution in [-0.2, 0) is 9.59 Å². The first kappa shape index (κ1) is 20.0. The molecule has 2 aromatic rings. The number of anilines is 1. The van der Waals surface area contributed by atoms with Gasteiger partial charge in [-0.15, -0.1) is 11.8 Å². The minimum atomic E-state index is -0.560. The molecule has 1 aromatic heterocycles. The summed E-state index contributed by atoms with van der Waals surface area (Å²) in [6.45, 7) is -0.219. The molecule has 0 aliphatic carbocycles. The molecule has 2 aliphatic rings. The molecule has 1 fully saturated rings. The van der Waals surface area contributed by atoms with Crippen molar-refractivity contribution in [2.24, 2.45) is 5.73 Å². The van der Waals surface area contributed by atoms with Gasteiger partial charge in [-0.1, -0.05) is 12.1 Å². The number of thioether (sulfide) groups is 2. The van der Waals surface area contributed by atoms with Gasteiger partial charge in [0.05, 0.1) is 22.6 Å². The molecule has 1 unspecified atom stereocenters. The second kappa shape index (κ2) is 8.58. The lowest BCUT2D eigenvalue weighted by Crippen LogP contribution is -2.22. The number of benzene rings is 1. The van der Waals surface area contributed by atoms with E-state index in [1.807, 2.05) is 22.5 Å². The highest BCUT2D eigenvalue weighted by Crippen LogP contribution is 2.42. The number of hydrogen-bond donors (Lipinski definition) is 3. The van der Waals surface area contributed by atoms with Crippen LogP contribution in [0.1, 0.15) is 35.3 Å². The minimum absolute atomic E-state index is 0.127. The van der Waals surface area contributed by atoms with E-state index in [-0.39, 0.29) is 35.1 Å². The number of primary amides is 1. The molecule has 154 valence electrons. The zero-order valence-corrected chi connectivity index (χ0v) is 17.3. The van der Waals surface area contributed by atoms with Crippen molar-refractivity contribution in [1.82, 2.24) is 9.78 Å². The predicted octanol–water partition coefficient (Wildman–Crippen LogP) is 1.88. The Morgan fingerprint density at radius 3 is 2.83 bits per heavy atom. The maximum absolute atomic E-state index is 12.9. The van der Waals surface area contributed by atoms with Crippen LogP contribution in [0.4, 0.5) is 5.82 Å². The van der Waals surface area contributed by atoms with Crippen molar-refractivity contribution >= 4 is 41.2 Å². The highest BCUT2D eigenvalue weighted by molar-refractivity contribution is 8.00. The number of nitrogens with one attached hydrogen (secondary N) is 2. The molecule has 0 saturated carbocycles. The Labute approximate surface area is 175 Å². The number of H-pyrrole nitrogens is 1. The van der Waals surface area contributed by atoms with Gasteiger partial charge in [-0.05, 0) is 42.0 Å². The molecule has 4 N–H and O–H groups in total. The SMILES string of the molecule is NC(=O)COc1cccc(C2SCC(=O)Nc3c2c(=O)[nH]n3C2CCSCC2)c1. The van der Waals surface area contributed by atoms with Crippen LogP contribution in [0.15, 0.2) is 29.1 Å². The van der Waals surface area contributed by atoms with Crippen LogP contribution in [0.3, 0.4) is 0 Å². The Morgan fingerprint density at radius 2 is 2.07 bits per heavy atom. The van der Waals surface area contributed by atoms with Crippen molar-refractivity contribution < 1.29 is 14.3 Å². The Bertz CT molecular complexity index is 981. The van der Waals surface area contributed by atoms with Gasteiger partial charge < -0.3 is 15.8 Å². The van der Waals surface area contributed by atoms with Gasteiger partial charge in [0.25, 0.3) is 11.5 Å². The maximum Gasteiger partial charge on any atom is 0.270 e. The largest absolute Gasteiger partial charge is 0.484 e. The normalized spacial score (nSPS) is 19.9. The Hall–Kier alpha value is -2.33. The summed E-state index contributed by atoms with van der Waals surface area (Å²) in [5.74, 6) is 2.68. The smallest absolute Gasteiger partial charge is 0.270 e. The number of carbonyl (C=O) groups excluding carboxylic acids is 2. The summed E-state index contributed by atoms with van der Waals surface area (Å²) in [4.78, 5) is 36.3. The van der Waals surface area contributed by atoms with Gasteiger partial charge in [-0.25, -0.2) is 0 Å². The first-order valence-electron chi connectivity index (χ1n) is 9.37. The second-order valence-electron chi connectivity index (χ2n) is 6.98. The molecular formula is C19H22N4O4S2. The van der Waals surface area contributed by atoms with Crippen molar-refractivity contribution in [2.45, 2.75) is 24.1 Å². The van der Waals surface area contributed by atoms with E-state index in [0.29, 0.717) is 17.1 Å². The standard InChI is InChI=1S/C19H22N4O4S2/c20-14(24)9-27-13-3-1-2-11(8-13)17-16-18(21-15(25)10-29-17)23(22-19(16)26)12-4-6-28-7-5-12/h1-3,8,12,17H,4-7,9-10H2,(H2,20,24)(H,21,25)(H,22,26). The summed E-state index contributed by atoms with van der Waals surface area (Å²) in [6.07, 6.45) is 1.90. The summed E-state index contributed by atoms with van der Waals surface area (Å²) >= 11 is 3.30. The van der Waals surface area contributed by atoms with Crippen LogP contribution in [0, 0.1) is 0 Å². The monoisotopic (exact) mass is 434 g/mol. The number of fused-ring (bicyclic) bond motifs is 1. The molecule has 0 bridgehead atoms. The lowest BCUT2D eigenvalue weighted by atomic mass is 10.1. The minimum Gasteiger partial charge on any atom is -0.484 e. The summed E-state index contributed by atoms with van der Waals surface area (Å²) < 4.78 is 7.26. The molecule has 2 aliphatic heterocycles. The third-order valence-corrected chi connectivity index (χ3v) is 7.28. The Morgan fingerprint density at radius 1 is 1.28 bits per heavy atom. The van der Waals surface area contributed by atoms with E-state index in [0.717, 1.165) is 29.9 Å². The van der Waals surface area contributed by atoms with Gasteiger partial charge in [0.2, 0.25) is 5.91 Å². The van der Waals surface area contributed by atoms with Gasteiger partial charge >= 0.3 is 0 Å². The van der Waals surface area contributed by atoms with Gasteiger partial charge in [-0.3, -0.25) is 24.2 Å². The summed E-state index contributed by atoms with van der Waals surface area (Å²) in [5, 5.41) is 5.57. The van der Waals surface area contributed by atoms with Gasteiger partial charge in [0, 0.05) is 0 Å².